The fourth-order valence-corrected chi connectivity index (χ4v) is 5.95. The van der Waals surface area contributed by atoms with Gasteiger partial charge in [0.2, 0.25) is 10.0 Å². The number of piperidine rings is 1. The third-order valence-electron chi connectivity index (χ3n) is 4.85. The molecule has 1 aliphatic rings. The Balaban J connectivity index is 2.16. The number of aryl methyl sites for hydroxylation is 1. The van der Waals surface area contributed by atoms with E-state index in [1.807, 2.05) is 19.1 Å². The molecule has 24 heavy (non-hydrogen) atoms. The monoisotopic (exact) mass is 367 g/mol. The van der Waals surface area contributed by atoms with Crippen LogP contribution in [0.3, 0.4) is 0 Å². The second-order valence-corrected chi connectivity index (χ2v) is 15.7. The zero-order valence-corrected chi connectivity index (χ0v) is 17.0. The number of hydrogen-bond donors (Lipinski definition) is 0. The summed E-state index contributed by atoms with van der Waals surface area (Å²) in [6.45, 7) is 9.78. The SMILES string of the molecule is Cc1ccc(S(=O)(=O)N2CC[C@H](C=O)[C@@H](CC[Si](C)(C)C)C2)cc1. The van der Waals surface area contributed by atoms with Crippen molar-refractivity contribution in [1.29, 1.82) is 0 Å². The van der Waals surface area contributed by atoms with Crippen LogP contribution in [-0.4, -0.2) is 40.2 Å². The molecular formula is C18H29NO3SSi. The molecule has 1 saturated heterocycles. The van der Waals surface area contributed by atoms with E-state index in [4.69, 9.17) is 0 Å². The van der Waals surface area contributed by atoms with Crippen molar-refractivity contribution < 1.29 is 13.2 Å². The first-order valence-corrected chi connectivity index (χ1v) is 13.8. The molecule has 0 amide bonds. The fourth-order valence-electron chi connectivity index (χ4n) is 3.20. The minimum atomic E-state index is -3.47. The molecule has 134 valence electrons. The van der Waals surface area contributed by atoms with Gasteiger partial charge in [0.05, 0.1) is 4.90 Å². The summed E-state index contributed by atoms with van der Waals surface area (Å²) >= 11 is 0. The highest BCUT2D eigenvalue weighted by Crippen LogP contribution is 2.31. The van der Waals surface area contributed by atoms with Gasteiger partial charge in [0.15, 0.2) is 0 Å². The molecule has 1 heterocycles. The van der Waals surface area contributed by atoms with Gasteiger partial charge in [-0.25, -0.2) is 8.42 Å². The average Bonchev–Trinajstić information content (AvgIpc) is 2.52. The normalized spacial score (nSPS) is 23.2. The van der Waals surface area contributed by atoms with Crippen molar-refractivity contribution in [1.82, 2.24) is 4.31 Å². The molecule has 0 unspecified atom stereocenters. The van der Waals surface area contributed by atoms with Crippen molar-refractivity contribution in [3.05, 3.63) is 29.8 Å². The second kappa shape index (κ2) is 7.50. The Bertz CT molecular complexity index is 664. The number of carbonyl (C=O) groups is 1. The molecule has 2 atom stereocenters. The van der Waals surface area contributed by atoms with Gasteiger partial charge in [-0.15, -0.1) is 0 Å². The van der Waals surface area contributed by atoms with Crippen LogP contribution >= 0.6 is 0 Å². The number of aldehydes is 1. The smallest absolute Gasteiger partial charge is 0.243 e. The molecule has 0 N–H and O–H groups in total. The van der Waals surface area contributed by atoms with Gasteiger partial charge in [-0.3, -0.25) is 0 Å². The van der Waals surface area contributed by atoms with Crippen molar-refractivity contribution in [3.8, 4) is 0 Å². The quantitative estimate of drug-likeness (QED) is 0.571. The van der Waals surface area contributed by atoms with Gasteiger partial charge in [-0.1, -0.05) is 49.8 Å². The first-order valence-electron chi connectivity index (χ1n) is 8.65. The third kappa shape index (κ3) is 4.77. The standard InChI is InChI=1S/C18H29NO3SSi/c1-15-5-7-18(8-6-15)23(21,22)19-11-9-17(14-20)16(13-19)10-12-24(2,3)4/h5-8,14,16-17H,9-13H2,1-4H3/t16-,17+/m0/s1. The molecule has 4 nitrogen and oxygen atoms in total. The van der Waals surface area contributed by atoms with Gasteiger partial charge >= 0.3 is 0 Å². The highest BCUT2D eigenvalue weighted by atomic mass is 32.2. The lowest BCUT2D eigenvalue weighted by molar-refractivity contribution is -0.113. The van der Waals surface area contributed by atoms with E-state index < -0.39 is 18.1 Å². The van der Waals surface area contributed by atoms with Crippen molar-refractivity contribution in [2.75, 3.05) is 13.1 Å². The Morgan fingerprint density at radius 1 is 1.21 bits per heavy atom. The van der Waals surface area contributed by atoms with Gasteiger partial charge in [0.25, 0.3) is 0 Å². The predicted octanol–water partition coefficient (Wildman–Crippen LogP) is 3.55. The molecule has 0 radical (unpaired) electrons. The third-order valence-corrected chi connectivity index (χ3v) is 8.52. The maximum Gasteiger partial charge on any atom is 0.243 e. The molecule has 2 rings (SSSR count). The molecule has 0 saturated carbocycles. The zero-order chi connectivity index (χ0) is 18.0. The molecule has 1 aromatic carbocycles. The minimum absolute atomic E-state index is 0.00850. The van der Waals surface area contributed by atoms with E-state index in [9.17, 15) is 13.2 Å². The van der Waals surface area contributed by atoms with Crippen LogP contribution in [0.5, 0.6) is 0 Å². The maximum absolute atomic E-state index is 12.9. The molecule has 1 aromatic rings. The summed E-state index contributed by atoms with van der Waals surface area (Å²) in [4.78, 5) is 11.8. The summed E-state index contributed by atoms with van der Waals surface area (Å²) in [5, 5.41) is 0. The van der Waals surface area contributed by atoms with Crippen LogP contribution in [0.4, 0.5) is 0 Å². The van der Waals surface area contributed by atoms with Crippen LogP contribution in [-0.2, 0) is 14.8 Å². The van der Waals surface area contributed by atoms with Crippen molar-refractivity contribution >= 4 is 24.4 Å². The lowest BCUT2D eigenvalue weighted by Crippen LogP contribution is -2.44. The summed E-state index contributed by atoms with van der Waals surface area (Å²) < 4.78 is 27.3. The van der Waals surface area contributed by atoms with Gasteiger partial charge in [0, 0.05) is 27.1 Å². The fraction of sp³-hybridized carbons (Fsp3) is 0.611. The zero-order valence-electron chi connectivity index (χ0n) is 15.2. The molecule has 0 spiro atoms. The van der Waals surface area contributed by atoms with E-state index in [0.717, 1.165) is 24.3 Å². The first kappa shape index (κ1) is 19.3. The number of rotatable bonds is 6. The number of carbonyl (C=O) groups excluding carboxylic acids is 1. The van der Waals surface area contributed by atoms with Crippen LogP contribution in [0.25, 0.3) is 0 Å². The minimum Gasteiger partial charge on any atom is -0.303 e. The van der Waals surface area contributed by atoms with Crippen molar-refractivity contribution in [2.45, 2.75) is 50.3 Å². The Morgan fingerprint density at radius 2 is 1.83 bits per heavy atom. The lowest BCUT2D eigenvalue weighted by Gasteiger charge is -2.36. The molecule has 6 heteroatoms. The molecule has 1 fully saturated rings. The molecular weight excluding hydrogens is 338 g/mol. The Kier molecular flexibility index (Phi) is 6.04. The van der Waals surface area contributed by atoms with Crippen molar-refractivity contribution in [2.24, 2.45) is 11.8 Å². The van der Waals surface area contributed by atoms with E-state index in [1.165, 1.54) is 0 Å². The van der Waals surface area contributed by atoms with Gasteiger partial charge in [-0.2, -0.15) is 4.31 Å². The van der Waals surface area contributed by atoms with Crippen LogP contribution in [0, 0.1) is 18.8 Å². The van der Waals surface area contributed by atoms with Crippen LogP contribution in [0.2, 0.25) is 25.7 Å². The highest BCUT2D eigenvalue weighted by molar-refractivity contribution is 7.89. The Labute approximate surface area is 147 Å². The maximum atomic E-state index is 12.9. The van der Waals surface area contributed by atoms with Crippen LogP contribution < -0.4 is 0 Å². The summed E-state index contributed by atoms with van der Waals surface area (Å²) in [6.07, 6.45) is 2.61. The Hall–Kier alpha value is -0.983. The summed E-state index contributed by atoms with van der Waals surface area (Å²) in [5.41, 5.74) is 1.04. The molecule has 0 aliphatic carbocycles. The topological polar surface area (TPSA) is 54.5 Å². The number of benzene rings is 1. The predicted molar refractivity (Wildman–Crippen MR) is 100 cm³/mol. The summed E-state index contributed by atoms with van der Waals surface area (Å²) in [6, 6.07) is 8.13. The van der Waals surface area contributed by atoms with Crippen LogP contribution in [0.1, 0.15) is 18.4 Å². The van der Waals surface area contributed by atoms with E-state index in [-0.39, 0.29) is 11.8 Å². The molecule has 0 bridgehead atoms. The highest BCUT2D eigenvalue weighted by Gasteiger charge is 2.35. The van der Waals surface area contributed by atoms with Crippen LogP contribution in [0.15, 0.2) is 29.2 Å². The van der Waals surface area contributed by atoms with E-state index in [1.54, 1.807) is 16.4 Å². The largest absolute Gasteiger partial charge is 0.303 e. The van der Waals surface area contributed by atoms with E-state index in [0.29, 0.717) is 24.4 Å². The van der Waals surface area contributed by atoms with E-state index >= 15 is 0 Å². The van der Waals surface area contributed by atoms with E-state index in [2.05, 4.69) is 19.6 Å². The molecule has 1 aliphatic heterocycles. The van der Waals surface area contributed by atoms with Gasteiger partial charge < -0.3 is 4.79 Å². The number of nitrogens with zero attached hydrogens (tertiary/aromatic N) is 1. The van der Waals surface area contributed by atoms with Gasteiger partial charge in [-0.05, 0) is 31.4 Å². The average molecular weight is 368 g/mol. The first-order chi connectivity index (χ1) is 11.1. The number of hydrogen-bond acceptors (Lipinski definition) is 3. The number of sulfonamides is 1. The lowest BCUT2D eigenvalue weighted by atomic mass is 9.86. The summed E-state index contributed by atoms with van der Waals surface area (Å²) in [7, 11) is -4.67. The van der Waals surface area contributed by atoms with Crippen molar-refractivity contribution in [3.63, 3.8) is 0 Å². The van der Waals surface area contributed by atoms with Gasteiger partial charge in [0.1, 0.15) is 6.29 Å². The Morgan fingerprint density at radius 3 is 2.38 bits per heavy atom. The summed E-state index contributed by atoms with van der Waals surface area (Å²) in [5.74, 6) is 0.133. The molecule has 0 aromatic heterocycles. The second-order valence-electron chi connectivity index (χ2n) is 8.12.